The highest BCUT2D eigenvalue weighted by Crippen LogP contribution is 2.41. The Balaban J connectivity index is 1.39. The lowest BCUT2D eigenvalue weighted by Crippen LogP contribution is -2.47. The summed E-state index contributed by atoms with van der Waals surface area (Å²) < 4.78 is 14.1. The molecule has 1 saturated carbocycles. The first-order chi connectivity index (χ1) is 16.3. The summed E-state index contributed by atoms with van der Waals surface area (Å²) in [6, 6.07) is 6.94. The Morgan fingerprint density at radius 2 is 2.00 bits per heavy atom. The van der Waals surface area contributed by atoms with Crippen LogP contribution in [-0.2, 0) is 11.8 Å². The molecule has 10 nitrogen and oxygen atoms in total. The van der Waals surface area contributed by atoms with Gasteiger partial charge in [0.05, 0.1) is 29.8 Å². The van der Waals surface area contributed by atoms with Gasteiger partial charge in [0, 0.05) is 37.9 Å². The van der Waals surface area contributed by atoms with Crippen molar-refractivity contribution in [1.29, 1.82) is 0 Å². The third-order valence-electron chi connectivity index (χ3n) is 7.17. The van der Waals surface area contributed by atoms with E-state index in [1.165, 1.54) is 11.7 Å². The summed E-state index contributed by atoms with van der Waals surface area (Å²) in [5.41, 5.74) is 0.734. The molecule has 2 aliphatic rings. The number of likely N-dealkylation sites (N-methyl/N-ethyl adjacent to an activating group) is 1. The summed E-state index contributed by atoms with van der Waals surface area (Å²) >= 11 is 0. The molecular formula is C24H27N5O5. The Morgan fingerprint density at radius 3 is 2.68 bits per heavy atom. The zero-order valence-corrected chi connectivity index (χ0v) is 19.4. The van der Waals surface area contributed by atoms with Crippen molar-refractivity contribution < 1.29 is 19.1 Å². The quantitative estimate of drug-likeness (QED) is 0.635. The van der Waals surface area contributed by atoms with Crippen molar-refractivity contribution in [3.05, 3.63) is 52.6 Å². The average Bonchev–Trinajstić information content (AvgIpc) is 3.38. The van der Waals surface area contributed by atoms with Gasteiger partial charge in [0.15, 0.2) is 0 Å². The second kappa shape index (κ2) is 8.19. The first kappa shape index (κ1) is 22.0. The van der Waals surface area contributed by atoms with Crippen molar-refractivity contribution >= 4 is 28.6 Å². The lowest BCUT2D eigenvalue weighted by atomic mass is 9.79. The van der Waals surface area contributed by atoms with Gasteiger partial charge in [0.2, 0.25) is 0 Å². The van der Waals surface area contributed by atoms with E-state index in [1.807, 2.05) is 17.9 Å². The fraction of sp³-hybridized carbons (Fsp3) is 0.417. The number of carbonyl (C=O) groups excluding carboxylic acids is 2. The number of cyclic esters (lactones) is 1. The Hall–Kier alpha value is -3.82. The predicted molar refractivity (Wildman–Crippen MR) is 125 cm³/mol. The van der Waals surface area contributed by atoms with E-state index in [4.69, 9.17) is 14.6 Å². The van der Waals surface area contributed by atoms with Crippen LogP contribution in [0.15, 0.2) is 41.5 Å². The van der Waals surface area contributed by atoms with E-state index < -0.39 is 5.91 Å². The van der Waals surface area contributed by atoms with E-state index in [0.29, 0.717) is 17.9 Å². The van der Waals surface area contributed by atoms with E-state index in [9.17, 15) is 14.4 Å². The first-order valence-electron chi connectivity index (χ1n) is 11.3. The molecule has 1 N–H and O–H groups in total. The van der Waals surface area contributed by atoms with Gasteiger partial charge in [0.25, 0.3) is 11.5 Å². The lowest BCUT2D eigenvalue weighted by Gasteiger charge is -2.39. The normalized spacial score (nSPS) is 22.3. The van der Waals surface area contributed by atoms with Gasteiger partial charge in [-0.25, -0.2) is 4.79 Å². The number of rotatable bonds is 4. The maximum absolute atomic E-state index is 13.0. The van der Waals surface area contributed by atoms with Gasteiger partial charge in [-0.3, -0.25) is 14.3 Å². The average molecular weight is 466 g/mol. The second-order valence-corrected chi connectivity index (χ2v) is 9.08. The van der Waals surface area contributed by atoms with Crippen LogP contribution in [0.1, 0.15) is 42.1 Å². The molecule has 0 radical (unpaired) electrons. The Labute approximate surface area is 196 Å². The number of ether oxygens (including phenoxy) is 2. The van der Waals surface area contributed by atoms with Crippen LogP contribution in [0, 0.1) is 0 Å². The highest BCUT2D eigenvalue weighted by Gasteiger charge is 2.47. The third kappa shape index (κ3) is 3.59. The summed E-state index contributed by atoms with van der Waals surface area (Å²) in [7, 11) is 4.93. The van der Waals surface area contributed by atoms with Gasteiger partial charge in [-0.1, -0.05) is 0 Å². The SMILES string of the molecule is COc1cc2nn([C@H]3CC[C@]4(CC3)COC(=O)N4C)cc2cc1C(=O)Nc1cccn(C)c1=O. The molecule has 3 heterocycles. The maximum Gasteiger partial charge on any atom is 0.410 e. The van der Waals surface area contributed by atoms with Gasteiger partial charge in [0.1, 0.15) is 18.0 Å². The number of hydrogen-bond donors (Lipinski definition) is 1. The first-order valence-corrected chi connectivity index (χ1v) is 11.3. The highest BCUT2D eigenvalue weighted by molar-refractivity contribution is 6.08. The molecule has 0 unspecified atom stereocenters. The number of methoxy groups -OCH3 is 1. The van der Waals surface area contributed by atoms with Crippen molar-refractivity contribution in [3.63, 3.8) is 0 Å². The van der Waals surface area contributed by atoms with E-state index in [0.717, 1.165) is 36.6 Å². The van der Waals surface area contributed by atoms with Gasteiger partial charge in [-0.05, 0) is 43.9 Å². The van der Waals surface area contributed by atoms with Gasteiger partial charge in [-0.2, -0.15) is 5.10 Å². The second-order valence-electron chi connectivity index (χ2n) is 9.08. The molecule has 1 aliphatic heterocycles. The molecule has 178 valence electrons. The topological polar surface area (TPSA) is 108 Å². The fourth-order valence-electron chi connectivity index (χ4n) is 4.95. The number of nitrogens with zero attached hydrogens (tertiary/aromatic N) is 4. The van der Waals surface area contributed by atoms with E-state index in [2.05, 4.69) is 5.32 Å². The van der Waals surface area contributed by atoms with Crippen molar-refractivity contribution in [2.45, 2.75) is 37.3 Å². The monoisotopic (exact) mass is 465 g/mol. The molecule has 0 bridgehead atoms. The number of fused-ring (bicyclic) bond motifs is 1. The number of pyridine rings is 1. The Morgan fingerprint density at radius 1 is 1.24 bits per heavy atom. The Kier molecular flexibility index (Phi) is 5.30. The zero-order valence-electron chi connectivity index (χ0n) is 19.4. The fourth-order valence-corrected chi connectivity index (χ4v) is 4.95. The lowest BCUT2D eigenvalue weighted by molar-refractivity contribution is 0.102. The van der Waals surface area contributed by atoms with Crippen LogP contribution >= 0.6 is 0 Å². The van der Waals surface area contributed by atoms with Gasteiger partial charge < -0.3 is 24.3 Å². The summed E-state index contributed by atoms with van der Waals surface area (Å²) in [4.78, 5) is 38.9. The summed E-state index contributed by atoms with van der Waals surface area (Å²) in [5.74, 6) is -0.0443. The molecule has 34 heavy (non-hydrogen) atoms. The van der Waals surface area contributed by atoms with Crippen molar-refractivity contribution in [3.8, 4) is 5.75 Å². The summed E-state index contributed by atoms with van der Waals surface area (Å²) in [5, 5.41) is 8.24. The largest absolute Gasteiger partial charge is 0.496 e. The molecule has 0 atom stereocenters. The number of amides is 2. The number of nitrogens with one attached hydrogen (secondary N) is 1. The predicted octanol–water partition coefficient (Wildman–Crippen LogP) is 2.93. The summed E-state index contributed by atoms with van der Waals surface area (Å²) in [6.07, 6.45) is 6.75. The van der Waals surface area contributed by atoms with Gasteiger partial charge >= 0.3 is 6.09 Å². The molecule has 2 aromatic heterocycles. The number of aromatic nitrogens is 3. The number of benzene rings is 1. The molecule has 1 aromatic carbocycles. The Bertz CT molecular complexity index is 1340. The highest BCUT2D eigenvalue weighted by atomic mass is 16.6. The number of aryl methyl sites for hydroxylation is 1. The molecule has 2 amide bonds. The number of hydrogen-bond acceptors (Lipinski definition) is 6. The van der Waals surface area contributed by atoms with Crippen molar-refractivity contribution in [1.82, 2.24) is 19.2 Å². The molecule has 2 fully saturated rings. The molecule has 1 aliphatic carbocycles. The number of anilines is 1. The van der Waals surface area contributed by atoms with E-state index >= 15 is 0 Å². The van der Waals surface area contributed by atoms with Crippen LogP contribution in [0.3, 0.4) is 0 Å². The van der Waals surface area contributed by atoms with E-state index in [1.54, 1.807) is 42.4 Å². The van der Waals surface area contributed by atoms with Crippen LogP contribution in [0.2, 0.25) is 0 Å². The van der Waals surface area contributed by atoms with Crippen LogP contribution in [0.4, 0.5) is 10.5 Å². The van der Waals surface area contributed by atoms with Crippen LogP contribution in [-0.4, -0.2) is 57.6 Å². The van der Waals surface area contributed by atoms with Gasteiger partial charge in [-0.15, -0.1) is 0 Å². The molecule has 10 heteroatoms. The smallest absolute Gasteiger partial charge is 0.410 e. The molecule has 1 saturated heterocycles. The standard InChI is InChI=1S/C24H27N5O5/c1-27-10-4-5-18(22(27)31)25-21(30)17-11-15-13-29(26-19(15)12-20(17)33-3)16-6-8-24(9-7-16)14-34-23(32)28(24)2/h4-5,10-13,16H,6-9,14H2,1-3H3,(H,25,30)/t16-,24-. The van der Waals surface area contributed by atoms with Crippen molar-refractivity contribution in [2.24, 2.45) is 7.05 Å². The number of carbonyl (C=O) groups is 2. The minimum absolute atomic E-state index is 0.192. The van der Waals surface area contributed by atoms with Crippen LogP contribution < -0.4 is 15.6 Å². The minimum Gasteiger partial charge on any atom is -0.496 e. The van der Waals surface area contributed by atoms with Crippen molar-refractivity contribution in [2.75, 3.05) is 26.1 Å². The molecule has 3 aromatic rings. The van der Waals surface area contributed by atoms with Crippen LogP contribution in [0.25, 0.3) is 10.9 Å². The van der Waals surface area contributed by atoms with Crippen LogP contribution in [0.5, 0.6) is 5.75 Å². The van der Waals surface area contributed by atoms with E-state index in [-0.39, 0.29) is 28.9 Å². The summed E-state index contributed by atoms with van der Waals surface area (Å²) in [6.45, 7) is 0.441. The molecule has 5 rings (SSSR count). The zero-order chi connectivity index (χ0) is 24.0. The molecular weight excluding hydrogens is 438 g/mol. The maximum atomic E-state index is 13.0. The minimum atomic E-state index is -0.427. The molecule has 1 spiro atoms. The third-order valence-corrected chi connectivity index (χ3v) is 7.17.